The highest BCUT2D eigenvalue weighted by Gasteiger charge is 2.63. The van der Waals surface area contributed by atoms with Gasteiger partial charge in [-0.05, 0) is 52.3 Å². The average Bonchev–Trinajstić information content (AvgIpc) is 2.79. The summed E-state index contributed by atoms with van der Waals surface area (Å²) in [6, 6.07) is -1.37. The van der Waals surface area contributed by atoms with Crippen molar-refractivity contribution in [2.24, 2.45) is 5.92 Å². The number of amides is 1. The zero-order chi connectivity index (χ0) is 23.8. The number of fused-ring (bicyclic) bond motifs is 2. The Balaban J connectivity index is 1.56. The van der Waals surface area contributed by atoms with Gasteiger partial charge in [0.2, 0.25) is 18.0 Å². The van der Waals surface area contributed by atoms with Crippen molar-refractivity contribution in [3.63, 3.8) is 0 Å². The van der Waals surface area contributed by atoms with E-state index in [-0.39, 0.29) is 30.4 Å². The maximum Gasteiger partial charge on any atom is 0.239 e. The van der Waals surface area contributed by atoms with Crippen molar-refractivity contribution in [2.75, 3.05) is 14.1 Å². The minimum Gasteiger partial charge on any atom is -0.390 e. The van der Waals surface area contributed by atoms with Crippen LogP contribution in [-0.4, -0.2) is 84.8 Å². The van der Waals surface area contributed by atoms with E-state index in [1.807, 2.05) is 27.0 Å². The van der Waals surface area contributed by atoms with E-state index in [1.165, 1.54) is 0 Å². The summed E-state index contributed by atoms with van der Waals surface area (Å²) in [7, 11) is 3.58. The zero-order valence-electron chi connectivity index (χ0n) is 20.0. The monoisotopic (exact) mass is 465 g/mol. The van der Waals surface area contributed by atoms with E-state index in [1.54, 1.807) is 7.05 Å². The van der Waals surface area contributed by atoms with Crippen molar-refractivity contribution < 1.29 is 29.2 Å². The van der Waals surface area contributed by atoms with Gasteiger partial charge in [-0.1, -0.05) is 25.2 Å². The number of likely N-dealkylation sites (N-methyl/N-ethyl adjacent to an activating group) is 2. The molecule has 2 aliphatic carbocycles. The van der Waals surface area contributed by atoms with E-state index in [4.69, 9.17) is 14.2 Å². The minimum atomic E-state index is -1.86. The number of hydrogen-bond acceptors (Lipinski definition) is 8. The number of allylic oxidation sites excluding steroid dienone is 3. The topological polar surface area (TPSA) is 121 Å². The van der Waals surface area contributed by atoms with Crippen LogP contribution >= 0.6 is 0 Å². The molecule has 33 heavy (non-hydrogen) atoms. The van der Waals surface area contributed by atoms with E-state index < -0.39 is 42.5 Å². The summed E-state index contributed by atoms with van der Waals surface area (Å²) in [4.78, 5) is 12.8. The predicted octanol–water partition coefficient (Wildman–Crippen LogP) is 0.322. The van der Waals surface area contributed by atoms with Crippen molar-refractivity contribution in [3.05, 3.63) is 23.8 Å². The molecule has 0 aromatic carbocycles. The lowest BCUT2D eigenvalue weighted by Crippen LogP contribution is -2.78. The highest BCUT2D eigenvalue weighted by atomic mass is 16.8. The van der Waals surface area contributed by atoms with Crippen LogP contribution < -0.4 is 16.0 Å². The molecule has 2 aliphatic heterocycles. The fourth-order valence-corrected chi connectivity index (χ4v) is 5.90. The molecule has 1 saturated carbocycles. The summed E-state index contributed by atoms with van der Waals surface area (Å²) >= 11 is 0. The molecule has 186 valence electrons. The second kappa shape index (κ2) is 10.1. The Kier molecular flexibility index (Phi) is 7.59. The summed E-state index contributed by atoms with van der Waals surface area (Å²) in [6.45, 7) is 3.94. The molecule has 3 fully saturated rings. The van der Waals surface area contributed by atoms with Crippen molar-refractivity contribution >= 4 is 5.91 Å². The van der Waals surface area contributed by atoms with Gasteiger partial charge in [-0.3, -0.25) is 4.79 Å². The standard InChI is InChI=1S/C24H39N3O6/c1-5-15-18(25-3)20(29)19(26-4)22-21(15)32-23-24(30,33-22)16(11-13(2)31-23)27-17(28)12-14-9-7-6-8-10-14/h7,9-10,13,15-16,18-23,25-26,29-30H,5-6,8,11-12H2,1-4H3,(H,27,28). The van der Waals surface area contributed by atoms with Crippen LogP contribution in [0.2, 0.25) is 0 Å². The number of rotatable bonds is 6. The van der Waals surface area contributed by atoms with Crippen molar-refractivity contribution in [1.82, 2.24) is 16.0 Å². The van der Waals surface area contributed by atoms with Gasteiger partial charge < -0.3 is 40.4 Å². The smallest absolute Gasteiger partial charge is 0.239 e. The van der Waals surface area contributed by atoms with Crippen LogP contribution in [0, 0.1) is 5.92 Å². The maximum atomic E-state index is 12.8. The largest absolute Gasteiger partial charge is 0.390 e. The Hall–Kier alpha value is -1.33. The Morgan fingerprint density at radius 3 is 2.58 bits per heavy atom. The molecule has 10 unspecified atom stereocenters. The molecule has 2 saturated heterocycles. The van der Waals surface area contributed by atoms with E-state index in [2.05, 4.69) is 28.1 Å². The first-order valence-electron chi connectivity index (χ1n) is 12.2. The summed E-state index contributed by atoms with van der Waals surface area (Å²) in [5.74, 6) is -2.08. The first-order chi connectivity index (χ1) is 15.8. The van der Waals surface area contributed by atoms with Crippen LogP contribution in [0.5, 0.6) is 0 Å². The lowest BCUT2D eigenvalue weighted by atomic mass is 9.73. The normalized spacial score (nSPS) is 45.0. The Morgan fingerprint density at radius 2 is 1.94 bits per heavy atom. The minimum absolute atomic E-state index is 0.0388. The lowest BCUT2D eigenvalue weighted by molar-refractivity contribution is -0.447. The van der Waals surface area contributed by atoms with Crippen LogP contribution in [0.3, 0.4) is 0 Å². The van der Waals surface area contributed by atoms with E-state index in [9.17, 15) is 15.0 Å². The highest BCUT2D eigenvalue weighted by molar-refractivity contribution is 5.79. The van der Waals surface area contributed by atoms with Crippen molar-refractivity contribution in [1.29, 1.82) is 0 Å². The fraction of sp³-hybridized carbons (Fsp3) is 0.792. The van der Waals surface area contributed by atoms with Crippen LogP contribution in [0.4, 0.5) is 0 Å². The highest BCUT2D eigenvalue weighted by Crippen LogP contribution is 2.44. The quantitative estimate of drug-likeness (QED) is 0.380. The van der Waals surface area contributed by atoms with Crippen LogP contribution in [0.25, 0.3) is 0 Å². The molecule has 0 bridgehead atoms. The first kappa shape index (κ1) is 24.8. The summed E-state index contributed by atoms with van der Waals surface area (Å²) in [5, 5.41) is 32.1. The molecule has 9 heteroatoms. The maximum absolute atomic E-state index is 12.8. The summed E-state index contributed by atoms with van der Waals surface area (Å²) in [6.07, 6.45) is 6.40. The average molecular weight is 466 g/mol. The number of hydrogen-bond donors (Lipinski definition) is 5. The Morgan fingerprint density at radius 1 is 1.18 bits per heavy atom. The SMILES string of the molecule is CCC1C(NC)C(O)C(NC)C2OC3(O)C(NC(=O)CC4=CCCC=C4)CC(C)OC3OC12. The van der Waals surface area contributed by atoms with Crippen LogP contribution in [-0.2, 0) is 19.0 Å². The molecular formula is C24H39N3O6. The lowest BCUT2D eigenvalue weighted by Gasteiger charge is -2.59. The zero-order valence-corrected chi connectivity index (χ0v) is 20.0. The van der Waals surface area contributed by atoms with Gasteiger partial charge in [-0.15, -0.1) is 0 Å². The molecule has 0 aromatic rings. The second-order valence-electron chi connectivity index (χ2n) is 9.70. The van der Waals surface area contributed by atoms with E-state index in [0.717, 1.165) is 24.8 Å². The molecule has 9 nitrogen and oxygen atoms in total. The Labute approximate surface area is 195 Å². The molecule has 10 atom stereocenters. The van der Waals surface area contributed by atoms with E-state index in [0.29, 0.717) is 6.42 Å². The van der Waals surface area contributed by atoms with Crippen LogP contribution in [0.15, 0.2) is 23.8 Å². The number of nitrogens with one attached hydrogen (secondary N) is 3. The summed E-state index contributed by atoms with van der Waals surface area (Å²) in [5.41, 5.74) is 0.970. The molecule has 0 spiro atoms. The van der Waals surface area contributed by atoms with Crippen LogP contribution in [0.1, 0.15) is 46.0 Å². The number of carbonyl (C=O) groups excluding carboxylic acids is 1. The molecule has 0 radical (unpaired) electrons. The van der Waals surface area contributed by atoms with Crippen molar-refractivity contribution in [2.45, 2.75) is 101 Å². The third-order valence-electron chi connectivity index (χ3n) is 7.57. The molecular weight excluding hydrogens is 426 g/mol. The first-order valence-corrected chi connectivity index (χ1v) is 12.2. The van der Waals surface area contributed by atoms with Gasteiger partial charge in [0.05, 0.1) is 36.8 Å². The molecule has 2 heterocycles. The number of ether oxygens (including phenoxy) is 3. The predicted molar refractivity (Wildman–Crippen MR) is 122 cm³/mol. The number of aliphatic hydroxyl groups excluding tert-OH is 1. The van der Waals surface area contributed by atoms with Gasteiger partial charge in [0, 0.05) is 12.0 Å². The van der Waals surface area contributed by atoms with Gasteiger partial charge in [0.15, 0.2) is 0 Å². The van der Waals surface area contributed by atoms with Gasteiger partial charge in [0.1, 0.15) is 6.10 Å². The summed E-state index contributed by atoms with van der Waals surface area (Å²) < 4.78 is 18.7. The molecule has 4 aliphatic rings. The number of aliphatic hydroxyl groups is 2. The fourth-order valence-electron chi connectivity index (χ4n) is 5.90. The second-order valence-corrected chi connectivity index (χ2v) is 9.70. The third kappa shape index (κ3) is 4.65. The van der Waals surface area contributed by atoms with Crippen molar-refractivity contribution in [3.8, 4) is 0 Å². The van der Waals surface area contributed by atoms with Gasteiger partial charge >= 0.3 is 0 Å². The molecule has 5 N–H and O–H groups in total. The van der Waals surface area contributed by atoms with Gasteiger partial charge in [0.25, 0.3) is 0 Å². The van der Waals surface area contributed by atoms with Gasteiger partial charge in [-0.25, -0.2) is 0 Å². The molecule has 0 aromatic heterocycles. The number of carbonyl (C=O) groups is 1. The third-order valence-corrected chi connectivity index (χ3v) is 7.57. The molecule has 4 rings (SSSR count). The Bertz CT molecular complexity index is 775. The molecule has 1 amide bonds. The van der Waals surface area contributed by atoms with Gasteiger partial charge in [-0.2, -0.15) is 0 Å². The van der Waals surface area contributed by atoms with E-state index >= 15 is 0 Å².